The molecule has 2 heterocycles. The number of carbonyl (C=O) groups is 2. The number of rotatable bonds is 2. The number of benzene rings is 1. The van der Waals surface area contributed by atoms with Crippen molar-refractivity contribution in [2.24, 2.45) is 11.8 Å². The number of imide groups is 1. The SMILES string of the molecule is Cc1ccc(N2C(=O)CC(N3CC4CCCCC4C3)C2=O)cc1. The van der Waals surface area contributed by atoms with Crippen LogP contribution in [0.2, 0.25) is 0 Å². The van der Waals surface area contributed by atoms with E-state index in [1.54, 1.807) is 0 Å². The predicted molar refractivity (Wildman–Crippen MR) is 89.1 cm³/mol. The van der Waals surface area contributed by atoms with E-state index in [4.69, 9.17) is 0 Å². The lowest BCUT2D eigenvalue weighted by molar-refractivity contribution is -0.122. The van der Waals surface area contributed by atoms with Crippen LogP contribution in [0.25, 0.3) is 0 Å². The summed E-state index contributed by atoms with van der Waals surface area (Å²) in [6.45, 7) is 4.00. The van der Waals surface area contributed by atoms with E-state index in [-0.39, 0.29) is 17.9 Å². The molecule has 0 bridgehead atoms. The number of aryl methyl sites for hydroxylation is 1. The van der Waals surface area contributed by atoms with Gasteiger partial charge < -0.3 is 0 Å². The highest BCUT2D eigenvalue weighted by molar-refractivity contribution is 6.22. The molecule has 3 aliphatic rings. The first-order valence-electron chi connectivity index (χ1n) is 8.81. The minimum Gasteiger partial charge on any atom is -0.291 e. The van der Waals surface area contributed by atoms with Gasteiger partial charge in [0, 0.05) is 13.1 Å². The zero-order valence-corrected chi connectivity index (χ0v) is 13.7. The Morgan fingerprint density at radius 1 is 0.957 bits per heavy atom. The number of amides is 2. The lowest BCUT2D eigenvalue weighted by Gasteiger charge is -2.23. The average Bonchev–Trinajstić information content (AvgIpc) is 3.09. The van der Waals surface area contributed by atoms with E-state index in [9.17, 15) is 9.59 Å². The van der Waals surface area contributed by atoms with Crippen molar-refractivity contribution in [3.8, 4) is 0 Å². The van der Waals surface area contributed by atoms with Crippen LogP contribution < -0.4 is 4.90 Å². The van der Waals surface area contributed by atoms with Crippen LogP contribution in [-0.4, -0.2) is 35.8 Å². The molecule has 0 N–H and O–H groups in total. The summed E-state index contributed by atoms with van der Waals surface area (Å²) >= 11 is 0. The molecule has 2 amide bonds. The van der Waals surface area contributed by atoms with E-state index in [0.29, 0.717) is 12.1 Å². The number of carbonyl (C=O) groups excluding carboxylic acids is 2. The number of anilines is 1. The number of fused-ring (bicyclic) bond motifs is 1. The quantitative estimate of drug-likeness (QED) is 0.789. The standard InChI is InChI=1S/C19H24N2O2/c1-13-6-8-16(9-7-13)21-18(22)10-17(19(21)23)20-11-14-4-2-3-5-15(14)12-20/h6-9,14-15,17H,2-5,10-12H2,1H3. The van der Waals surface area contributed by atoms with Crippen LogP contribution in [0.1, 0.15) is 37.7 Å². The van der Waals surface area contributed by atoms with E-state index < -0.39 is 0 Å². The summed E-state index contributed by atoms with van der Waals surface area (Å²) in [7, 11) is 0. The molecule has 4 nitrogen and oxygen atoms in total. The Morgan fingerprint density at radius 2 is 1.57 bits per heavy atom. The molecule has 2 aliphatic heterocycles. The number of likely N-dealkylation sites (tertiary alicyclic amines) is 1. The first kappa shape index (κ1) is 14.9. The minimum atomic E-state index is -0.241. The third-order valence-electron chi connectivity index (χ3n) is 5.86. The summed E-state index contributed by atoms with van der Waals surface area (Å²) in [4.78, 5) is 29.0. The van der Waals surface area contributed by atoms with Gasteiger partial charge in [0.2, 0.25) is 5.91 Å². The summed E-state index contributed by atoms with van der Waals surface area (Å²) in [6, 6.07) is 7.41. The Bertz CT molecular complexity index is 611. The van der Waals surface area contributed by atoms with Gasteiger partial charge >= 0.3 is 0 Å². The third kappa shape index (κ3) is 2.59. The van der Waals surface area contributed by atoms with Crippen LogP contribution in [0, 0.1) is 18.8 Å². The molecule has 23 heavy (non-hydrogen) atoms. The topological polar surface area (TPSA) is 40.6 Å². The van der Waals surface area contributed by atoms with E-state index in [2.05, 4.69) is 4.90 Å². The lowest BCUT2D eigenvalue weighted by atomic mass is 9.82. The van der Waals surface area contributed by atoms with E-state index >= 15 is 0 Å². The van der Waals surface area contributed by atoms with Crippen molar-refractivity contribution in [1.82, 2.24) is 4.90 Å². The smallest absolute Gasteiger partial charge is 0.251 e. The van der Waals surface area contributed by atoms with Gasteiger partial charge in [-0.3, -0.25) is 14.5 Å². The molecule has 0 aromatic heterocycles. The Hall–Kier alpha value is -1.68. The maximum absolute atomic E-state index is 12.9. The van der Waals surface area contributed by atoms with Gasteiger partial charge in [0.05, 0.1) is 18.2 Å². The summed E-state index contributed by atoms with van der Waals surface area (Å²) in [6.07, 6.45) is 5.56. The molecule has 0 spiro atoms. The second-order valence-corrected chi connectivity index (χ2v) is 7.38. The van der Waals surface area contributed by atoms with Gasteiger partial charge in [0.15, 0.2) is 0 Å². The summed E-state index contributed by atoms with van der Waals surface area (Å²) in [5.41, 5.74) is 1.85. The summed E-state index contributed by atoms with van der Waals surface area (Å²) in [5.74, 6) is 1.39. The third-order valence-corrected chi connectivity index (χ3v) is 5.86. The van der Waals surface area contributed by atoms with Crippen molar-refractivity contribution in [3.63, 3.8) is 0 Å². The van der Waals surface area contributed by atoms with Crippen LogP contribution in [0.5, 0.6) is 0 Å². The average molecular weight is 312 g/mol. The fraction of sp³-hybridized carbons (Fsp3) is 0.579. The molecular weight excluding hydrogens is 288 g/mol. The highest BCUT2D eigenvalue weighted by atomic mass is 16.2. The van der Waals surface area contributed by atoms with E-state index in [1.165, 1.54) is 30.6 Å². The van der Waals surface area contributed by atoms with Gasteiger partial charge in [0.25, 0.3) is 5.91 Å². The van der Waals surface area contributed by atoms with E-state index in [0.717, 1.165) is 30.5 Å². The Balaban J connectivity index is 1.52. The van der Waals surface area contributed by atoms with Crippen LogP contribution >= 0.6 is 0 Å². The van der Waals surface area contributed by atoms with Crippen molar-refractivity contribution in [2.45, 2.75) is 45.1 Å². The van der Waals surface area contributed by atoms with Gasteiger partial charge in [-0.1, -0.05) is 30.5 Å². The fourth-order valence-electron chi connectivity index (χ4n) is 4.56. The maximum atomic E-state index is 12.9. The zero-order chi connectivity index (χ0) is 16.0. The van der Waals surface area contributed by atoms with E-state index in [1.807, 2.05) is 31.2 Å². The van der Waals surface area contributed by atoms with Crippen molar-refractivity contribution >= 4 is 17.5 Å². The van der Waals surface area contributed by atoms with Crippen LogP contribution in [0.3, 0.4) is 0 Å². The fourth-order valence-corrected chi connectivity index (χ4v) is 4.56. The number of hydrogen-bond acceptors (Lipinski definition) is 3. The molecule has 3 atom stereocenters. The first-order valence-corrected chi connectivity index (χ1v) is 8.81. The van der Waals surface area contributed by atoms with Crippen LogP contribution in [0.4, 0.5) is 5.69 Å². The highest BCUT2D eigenvalue weighted by Crippen LogP contribution is 2.38. The Morgan fingerprint density at radius 3 is 2.17 bits per heavy atom. The molecule has 1 aromatic rings. The van der Waals surface area contributed by atoms with Crippen molar-refractivity contribution in [3.05, 3.63) is 29.8 Å². The molecule has 1 aliphatic carbocycles. The van der Waals surface area contributed by atoms with Gasteiger partial charge in [-0.05, 0) is 43.7 Å². The van der Waals surface area contributed by atoms with Crippen molar-refractivity contribution in [2.75, 3.05) is 18.0 Å². The largest absolute Gasteiger partial charge is 0.291 e. The van der Waals surface area contributed by atoms with Crippen molar-refractivity contribution < 1.29 is 9.59 Å². The molecule has 3 unspecified atom stereocenters. The molecule has 0 radical (unpaired) electrons. The molecule has 122 valence electrons. The first-order chi connectivity index (χ1) is 11.1. The lowest BCUT2D eigenvalue weighted by Crippen LogP contribution is -2.41. The predicted octanol–water partition coefficient (Wildman–Crippen LogP) is 2.75. The number of nitrogens with zero attached hydrogens (tertiary/aromatic N) is 2. The second kappa shape index (κ2) is 5.75. The normalized spacial score (nSPS) is 31.7. The molecule has 1 saturated carbocycles. The minimum absolute atomic E-state index is 0.0301. The number of hydrogen-bond donors (Lipinski definition) is 0. The molecule has 4 rings (SSSR count). The molecule has 3 fully saturated rings. The summed E-state index contributed by atoms with van der Waals surface area (Å²) in [5, 5.41) is 0. The summed E-state index contributed by atoms with van der Waals surface area (Å²) < 4.78 is 0. The monoisotopic (exact) mass is 312 g/mol. The molecule has 2 saturated heterocycles. The molecule has 4 heteroatoms. The highest BCUT2D eigenvalue weighted by Gasteiger charge is 2.46. The zero-order valence-electron chi connectivity index (χ0n) is 13.7. The maximum Gasteiger partial charge on any atom is 0.251 e. The van der Waals surface area contributed by atoms with Crippen LogP contribution in [-0.2, 0) is 9.59 Å². The Kier molecular flexibility index (Phi) is 3.72. The van der Waals surface area contributed by atoms with Crippen molar-refractivity contribution in [1.29, 1.82) is 0 Å². The Labute approximate surface area is 137 Å². The van der Waals surface area contributed by atoms with Gasteiger partial charge in [0.1, 0.15) is 0 Å². The molecular formula is C19H24N2O2. The van der Waals surface area contributed by atoms with Gasteiger partial charge in [-0.15, -0.1) is 0 Å². The van der Waals surface area contributed by atoms with Crippen LogP contribution in [0.15, 0.2) is 24.3 Å². The van der Waals surface area contributed by atoms with Gasteiger partial charge in [-0.2, -0.15) is 0 Å². The second-order valence-electron chi connectivity index (χ2n) is 7.38. The van der Waals surface area contributed by atoms with Gasteiger partial charge in [-0.25, -0.2) is 4.90 Å². The molecule has 1 aromatic carbocycles.